The molecule has 1 saturated heterocycles. The van der Waals surface area contributed by atoms with Crippen molar-refractivity contribution in [1.29, 1.82) is 0 Å². The van der Waals surface area contributed by atoms with Gasteiger partial charge in [-0.1, -0.05) is 36.4 Å². The fraction of sp³-hybridized carbons (Fsp3) is 0.286. The smallest absolute Gasteiger partial charge is 0.249 e. The zero-order valence-electron chi connectivity index (χ0n) is 15.8. The van der Waals surface area contributed by atoms with Crippen molar-refractivity contribution < 1.29 is 19.0 Å². The van der Waals surface area contributed by atoms with E-state index in [1.807, 2.05) is 60.7 Å². The van der Waals surface area contributed by atoms with Gasteiger partial charge in [-0.3, -0.25) is 10.2 Å². The Bertz CT molecular complexity index is 856. The number of halogens is 1. The van der Waals surface area contributed by atoms with E-state index in [9.17, 15) is 4.79 Å². The summed E-state index contributed by atoms with van der Waals surface area (Å²) in [4.78, 5) is 13.1. The van der Waals surface area contributed by atoms with Crippen LogP contribution >= 0.6 is 12.4 Å². The van der Waals surface area contributed by atoms with Crippen LogP contribution in [0.4, 0.5) is 5.69 Å². The van der Waals surface area contributed by atoms with Gasteiger partial charge in [-0.25, -0.2) is 5.01 Å². The number of ether oxygens (including phenoxy) is 3. The third-order valence-electron chi connectivity index (χ3n) is 5.00. The lowest BCUT2D eigenvalue weighted by Crippen LogP contribution is -2.58. The summed E-state index contributed by atoms with van der Waals surface area (Å²) in [6, 6.07) is 17.1. The number of fused-ring (bicyclic) bond motifs is 1. The number of carbonyl (C=O) groups is 1. The molecule has 2 aromatic rings. The molecule has 1 fully saturated rings. The number of carbonyl (C=O) groups excluding carboxylic acids is 1. The average Bonchev–Trinajstić information content (AvgIpc) is 2.73. The number of anilines is 1. The number of nitrogens with one attached hydrogen (secondary N) is 1. The van der Waals surface area contributed by atoms with E-state index >= 15 is 0 Å². The normalized spacial score (nSPS) is 23.8. The van der Waals surface area contributed by atoms with Crippen LogP contribution in [-0.4, -0.2) is 26.4 Å². The number of nitrogens with zero attached hydrogens (tertiary/aromatic N) is 1. The Morgan fingerprint density at radius 2 is 1.82 bits per heavy atom. The molecule has 7 heteroatoms. The lowest BCUT2D eigenvalue weighted by molar-refractivity contribution is -0.204. The fourth-order valence-electron chi connectivity index (χ4n) is 3.58. The molecule has 0 bridgehead atoms. The van der Waals surface area contributed by atoms with Crippen molar-refractivity contribution in [3.05, 3.63) is 71.9 Å². The van der Waals surface area contributed by atoms with Gasteiger partial charge in [0.15, 0.2) is 6.29 Å². The number of benzene rings is 2. The van der Waals surface area contributed by atoms with E-state index in [-0.39, 0.29) is 24.7 Å². The highest BCUT2D eigenvalue weighted by atomic mass is 35.5. The zero-order valence-corrected chi connectivity index (χ0v) is 16.6. The van der Waals surface area contributed by atoms with Crippen molar-refractivity contribution in [2.75, 3.05) is 19.2 Å². The van der Waals surface area contributed by atoms with Gasteiger partial charge in [-0.15, -0.1) is 12.4 Å². The first-order chi connectivity index (χ1) is 13.2. The van der Waals surface area contributed by atoms with E-state index in [4.69, 9.17) is 14.2 Å². The second-order valence-electron chi connectivity index (χ2n) is 6.55. The Kier molecular flexibility index (Phi) is 5.93. The van der Waals surface area contributed by atoms with Crippen LogP contribution in [0.1, 0.15) is 18.4 Å². The highest BCUT2D eigenvalue weighted by molar-refractivity contribution is 5.95. The number of hydrogen-bond donors (Lipinski definition) is 1. The minimum absolute atomic E-state index is 0. The maximum Gasteiger partial charge on any atom is 0.249 e. The van der Waals surface area contributed by atoms with Gasteiger partial charge in [-0.05, 0) is 29.8 Å². The van der Waals surface area contributed by atoms with Crippen molar-refractivity contribution in [3.63, 3.8) is 0 Å². The molecule has 6 nitrogen and oxygen atoms in total. The SMILES string of the molecule is COc1ccc(N2NC3=CC[C@@H](OC)O[C@@]3(c3ccccc3)CC2=O)cc1.Cl. The highest BCUT2D eigenvalue weighted by Crippen LogP contribution is 2.44. The van der Waals surface area contributed by atoms with Gasteiger partial charge < -0.3 is 14.2 Å². The summed E-state index contributed by atoms with van der Waals surface area (Å²) >= 11 is 0. The molecule has 2 aromatic carbocycles. The molecule has 2 aliphatic heterocycles. The van der Waals surface area contributed by atoms with E-state index < -0.39 is 11.9 Å². The lowest BCUT2D eigenvalue weighted by atomic mass is 9.83. The van der Waals surface area contributed by atoms with Gasteiger partial charge in [0.05, 0.1) is 24.9 Å². The van der Waals surface area contributed by atoms with Gasteiger partial charge in [0.1, 0.15) is 11.4 Å². The summed E-state index contributed by atoms with van der Waals surface area (Å²) in [5.74, 6) is 0.655. The van der Waals surface area contributed by atoms with Crippen LogP contribution in [0.2, 0.25) is 0 Å². The molecule has 1 N–H and O–H groups in total. The minimum atomic E-state index is -0.875. The Morgan fingerprint density at radius 1 is 1.11 bits per heavy atom. The van der Waals surface area contributed by atoms with E-state index in [0.29, 0.717) is 6.42 Å². The quantitative estimate of drug-likeness (QED) is 0.847. The maximum absolute atomic E-state index is 13.1. The van der Waals surface area contributed by atoms with Crippen LogP contribution in [0, 0.1) is 0 Å². The lowest BCUT2D eigenvalue weighted by Gasteiger charge is -2.47. The first kappa shape index (κ1) is 20.2. The van der Waals surface area contributed by atoms with Crippen LogP contribution < -0.4 is 15.2 Å². The topological polar surface area (TPSA) is 60.0 Å². The largest absolute Gasteiger partial charge is 0.497 e. The number of amides is 1. The van der Waals surface area contributed by atoms with E-state index in [2.05, 4.69) is 5.43 Å². The second-order valence-corrected chi connectivity index (χ2v) is 6.55. The van der Waals surface area contributed by atoms with Crippen molar-refractivity contribution in [1.82, 2.24) is 5.43 Å². The molecule has 28 heavy (non-hydrogen) atoms. The van der Waals surface area contributed by atoms with Crippen molar-refractivity contribution in [2.24, 2.45) is 0 Å². The first-order valence-electron chi connectivity index (χ1n) is 8.87. The number of hydrazine groups is 1. The predicted molar refractivity (Wildman–Crippen MR) is 108 cm³/mol. The summed E-state index contributed by atoms with van der Waals surface area (Å²) in [7, 11) is 3.23. The van der Waals surface area contributed by atoms with Gasteiger partial charge in [0.2, 0.25) is 5.91 Å². The molecular formula is C21H23ClN2O4. The highest BCUT2D eigenvalue weighted by Gasteiger charge is 2.49. The molecule has 0 saturated carbocycles. The maximum atomic E-state index is 13.1. The monoisotopic (exact) mass is 402 g/mol. The molecule has 0 spiro atoms. The van der Waals surface area contributed by atoms with E-state index in [0.717, 1.165) is 22.7 Å². The summed E-state index contributed by atoms with van der Waals surface area (Å²) in [6.07, 6.45) is 2.45. The molecule has 0 aromatic heterocycles. The standard InChI is InChI=1S/C21H22N2O4.ClH/c1-25-17-10-8-16(9-11-17)23-19(24)14-21(15-6-4-3-5-7-15)18(22-23)12-13-20(26-2)27-21;/h3-12,20,22H,13-14H2,1-2H3;1H/t20-,21+;/m0./s1. The molecule has 1 amide bonds. The minimum Gasteiger partial charge on any atom is -0.497 e. The molecular weight excluding hydrogens is 380 g/mol. The van der Waals surface area contributed by atoms with Gasteiger partial charge in [-0.2, -0.15) is 0 Å². The summed E-state index contributed by atoms with van der Waals surface area (Å²) in [5, 5.41) is 1.56. The molecule has 2 atom stereocenters. The van der Waals surface area contributed by atoms with Gasteiger partial charge >= 0.3 is 0 Å². The molecule has 148 valence electrons. The molecule has 2 aliphatic rings. The number of methoxy groups -OCH3 is 2. The average molecular weight is 403 g/mol. The molecule has 2 heterocycles. The Balaban J connectivity index is 0.00000225. The third-order valence-corrected chi connectivity index (χ3v) is 5.00. The molecule has 0 radical (unpaired) electrons. The molecule has 0 unspecified atom stereocenters. The van der Waals surface area contributed by atoms with Crippen molar-refractivity contribution in [3.8, 4) is 5.75 Å². The third kappa shape index (κ3) is 3.46. The Labute approximate surface area is 170 Å². The van der Waals surface area contributed by atoms with Crippen LogP contribution in [0.5, 0.6) is 5.75 Å². The number of rotatable bonds is 4. The van der Waals surface area contributed by atoms with Crippen LogP contribution in [0.25, 0.3) is 0 Å². The van der Waals surface area contributed by atoms with E-state index in [1.54, 1.807) is 19.2 Å². The summed E-state index contributed by atoms with van der Waals surface area (Å²) in [5.41, 5.74) is 4.91. The zero-order chi connectivity index (χ0) is 18.9. The van der Waals surface area contributed by atoms with Crippen LogP contribution in [0.15, 0.2) is 66.4 Å². The summed E-state index contributed by atoms with van der Waals surface area (Å²) in [6.45, 7) is 0. The summed E-state index contributed by atoms with van der Waals surface area (Å²) < 4.78 is 16.9. The Hall–Kier alpha value is -2.54. The van der Waals surface area contributed by atoms with E-state index in [1.165, 1.54) is 0 Å². The van der Waals surface area contributed by atoms with Gasteiger partial charge in [0.25, 0.3) is 0 Å². The Morgan fingerprint density at radius 3 is 2.46 bits per heavy atom. The van der Waals surface area contributed by atoms with Gasteiger partial charge in [0, 0.05) is 13.5 Å². The van der Waals surface area contributed by atoms with Crippen LogP contribution in [0.3, 0.4) is 0 Å². The molecule has 0 aliphatic carbocycles. The second kappa shape index (κ2) is 8.22. The fourth-order valence-corrected chi connectivity index (χ4v) is 3.58. The van der Waals surface area contributed by atoms with Crippen molar-refractivity contribution >= 4 is 24.0 Å². The number of hydrogen-bond acceptors (Lipinski definition) is 5. The predicted octanol–water partition coefficient (Wildman–Crippen LogP) is 3.53. The first-order valence-corrected chi connectivity index (χ1v) is 8.87. The van der Waals surface area contributed by atoms with Crippen LogP contribution in [-0.2, 0) is 19.9 Å². The van der Waals surface area contributed by atoms with Crippen molar-refractivity contribution in [2.45, 2.75) is 24.7 Å². The molecule has 4 rings (SSSR count).